The fraction of sp³-hybridized carbons (Fsp3) is 0.500. The predicted molar refractivity (Wildman–Crippen MR) is 120 cm³/mol. The lowest BCUT2D eigenvalue weighted by atomic mass is 9.68. The summed E-state index contributed by atoms with van der Waals surface area (Å²) >= 11 is 9.55. The summed E-state index contributed by atoms with van der Waals surface area (Å²) in [4.78, 5) is 12.3. The van der Waals surface area contributed by atoms with Crippen LogP contribution >= 0.6 is 27.5 Å². The van der Waals surface area contributed by atoms with Gasteiger partial charge in [-0.05, 0) is 86.1 Å². The normalized spacial score (nSPS) is 21.7. The highest BCUT2D eigenvalue weighted by molar-refractivity contribution is 9.10. The molecule has 1 aromatic carbocycles. The topological polar surface area (TPSA) is 73.3 Å². The first-order chi connectivity index (χ1) is 14.2. The molecule has 2 aromatic rings. The van der Waals surface area contributed by atoms with Crippen molar-refractivity contribution in [3.8, 4) is 5.88 Å². The van der Waals surface area contributed by atoms with Gasteiger partial charge in [0.15, 0.2) is 0 Å². The van der Waals surface area contributed by atoms with Crippen molar-refractivity contribution in [1.29, 1.82) is 0 Å². The highest BCUT2D eigenvalue weighted by atomic mass is 79.9. The Hall–Kier alpha value is -1.86. The van der Waals surface area contributed by atoms with Crippen LogP contribution in [0, 0.1) is 0 Å². The van der Waals surface area contributed by atoms with Crippen LogP contribution in [0.3, 0.4) is 0 Å². The first-order valence-corrected chi connectivity index (χ1v) is 11.2. The van der Waals surface area contributed by atoms with Crippen molar-refractivity contribution in [3.05, 3.63) is 51.6 Å². The number of ether oxygens (including phenoxy) is 2. The Bertz CT molecular complexity index is 863. The van der Waals surface area contributed by atoms with Crippen LogP contribution < -0.4 is 10.1 Å². The molecule has 1 amide bonds. The molecule has 1 fully saturated rings. The molecule has 0 atom stereocenters. The summed E-state index contributed by atoms with van der Waals surface area (Å²) in [6.45, 7) is 6.04. The molecular weight excluding hydrogens is 470 g/mol. The minimum atomic E-state index is -0.537. The molecule has 1 aliphatic rings. The zero-order chi connectivity index (χ0) is 21.8. The van der Waals surface area contributed by atoms with Gasteiger partial charge in [-0.3, -0.25) is 0 Å². The molecule has 1 aromatic heterocycles. The number of hydrogen-bond donors (Lipinski definition) is 1. The van der Waals surface area contributed by atoms with Crippen LogP contribution in [0.2, 0.25) is 5.02 Å². The molecule has 6 nitrogen and oxygen atoms in total. The van der Waals surface area contributed by atoms with Crippen LogP contribution in [0.25, 0.3) is 0 Å². The summed E-state index contributed by atoms with van der Waals surface area (Å²) in [6, 6.07) is 11.5. The Balaban J connectivity index is 1.70. The van der Waals surface area contributed by atoms with E-state index >= 15 is 0 Å². The minimum absolute atomic E-state index is 0.0503. The van der Waals surface area contributed by atoms with Crippen molar-refractivity contribution in [2.45, 2.75) is 63.6 Å². The standard InChI is InChI=1S/C22H27BrClN3O3/c1-21(2,3)30-20(28)25-14-22(15-5-4-6-16(24)13-15)11-9-17(10-12-22)29-19-8-7-18(23)26-27-19/h4-8,13,17H,9-12,14H2,1-3H3,(H,25,28)/t17-,22-. The molecule has 1 saturated carbocycles. The van der Waals surface area contributed by atoms with Crippen molar-refractivity contribution >= 4 is 33.6 Å². The Morgan fingerprint density at radius 3 is 2.57 bits per heavy atom. The van der Waals surface area contributed by atoms with Gasteiger partial charge in [0.2, 0.25) is 5.88 Å². The summed E-state index contributed by atoms with van der Waals surface area (Å²) in [5, 5.41) is 11.7. The van der Waals surface area contributed by atoms with E-state index < -0.39 is 11.7 Å². The monoisotopic (exact) mass is 495 g/mol. The second-order valence-corrected chi connectivity index (χ2v) is 9.91. The van der Waals surface area contributed by atoms with Crippen LogP contribution in [-0.4, -0.2) is 34.5 Å². The van der Waals surface area contributed by atoms with Gasteiger partial charge < -0.3 is 14.8 Å². The molecule has 162 valence electrons. The van der Waals surface area contributed by atoms with Crippen molar-refractivity contribution in [1.82, 2.24) is 15.5 Å². The lowest BCUT2D eigenvalue weighted by Gasteiger charge is -2.40. The highest BCUT2D eigenvalue weighted by Crippen LogP contribution is 2.41. The van der Waals surface area contributed by atoms with E-state index in [0.717, 1.165) is 31.2 Å². The molecule has 0 spiro atoms. The minimum Gasteiger partial charge on any atom is -0.473 e. The number of halogens is 2. The zero-order valence-corrected chi connectivity index (χ0v) is 19.8. The summed E-state index contributed by atoms with van der Waals surface area (Å²) in [6.07, 6.45) is 3.00. The van der Waals surface area contributed by atoms with E-state index in [1.165, 1.54) is 0 Å². The van der Waals surface area contributed by atoms with E-state index in [0.29, 0.717) is 22.1 Å². The van der Waals surface area contributed by atoms with Gasteiger partial charge in [-0.25, -0.2) is 4.79 Å². The van der Waals surface area contributed by atoms with E-state index in [1.807, 2.05) is 45.0 Å². The second kappa shape index (κ2) is 9.52. The Morgan fingerprint density at radius 2 is 1.97 bits per heavy atom. The van der Waals surface area contributed by atoms with Crippen molar-refractivity contribution < 1.29 is 14.3 Å². The number of carbonyl (C=O) groups excluding carboxylic acids is 1. The van der Waals surface area contributed by atoms with Crippen LogP contribution in [0.15, 0.2) is 41.0 Å². The number of aromatic nitrogens is 2. The second-order valence-electron chi connectivity index (χ2n) is 8.66. The lowest BCUT2D eigenvalue weighted by molar-refractivity contribution is 0.0493. The number of alkyl carbamates (subject to hydrolysis) is 1. The molecule has 0 aliphatic heterocycles. The summed E-state index contributed by atoms with van der Waals surface area (Å²) in [5.41, 5.74) is 0.352. The summed E-state index contributed by atoms with van der Waals surface area (Å²) in [7, 11) is 0. The average Bonchev–Trinajstić information content (AvgIpc) is 2.68. The van der Waals surface area contributed by atoms with Gasteiger partial charge in [0, 0.05) is 23.0 Å². The van der Waals surface area contributed by atoms with Gasteiger partial charge in [-0.1, -0.05) is 23.7 Å². The number of nitrogens with zero attached hydrogens (tertiary/aromatic N) is 2. The van der Waals surface area contributed by atoms with Crippen molar-refractivity contribution in [2.24, 2.45) is 0 Å². The molecule has 0 bridgehead atoms. The quantitative estimate of drug-likeness (QED) is 0.577. The fourth-order valence-corrected chi connectivity index (χ4v) is 4.14. The number of benzene rings is 1. The maximum Gasteiger partial charge on any atom is 0.407 e. The number of nitrogens with one attached hydrogen (secondary N) is 1. The fourth-order valence-electron chi connectivity index (χ4n) is 3.74. The van der Waals surface area contributed by atoms with Crippen molar-refractivity contribution in [3.63, 3.8) is 0 Å². The maximum atomic E-state index is 12.3. The third kappa shape index (κ3) is 6.32. The Morgan fingerprint density at radius 1 is 1.23 bits per heavy atom. The van der Waals surface area contributed by atoms with E-state index in [-0.39, 0.29) is 11.5 Å². The molecule has 0 unspecified atom stereocenters. The number of amides is 1. The van der Waals surface area contributed by atoms with Gasteiger partial charge in [0.05, 0.1) is 0 Å². The SMILES string of the molecule is CC(C)(C)OC(=O)NC[C@]1(c2cccc(Cl)c2)CC[C@H](Oc2ccc(Br)nn2)CC1. The van der Waals surface area contributed by atoms with Crippen molar-refractivity contribution in [2.75, 3.05) is 6.54 Å². The van der Waals surface area contributed by atoms with Gasteiger partial charge >= 0.3 is 6.09 Å². The Kier molecular flexibility index (Phi) is 7.24. The predicted octanol–water partition coefficient (Wildman–Crippen LogP) is 5.68. The molecule has 3 rings (SSSR count). The molecular formula is C22H27BrClN3O3. The third-order valence-electron chi connectivity index (χ3n) is 5.19. The van der Waals surface area contributed by atoms with E-state index in [9.17, 15) is 4.79 Å². The lowest BCUT2D eigenvalue weighted by Crippen LogP contribution is -2.46. The number of rotatable bonds is 5. The first-order valence-electron chi connectivity index (χ1n) is 10.0. The molecule has 1 aliphatic carbocycles. The average molecular weight is 497 g/mol. The number of hydrogen-bond acceptors (Lipinski definition) is 5. The van der Waals surface area contributed by atoms with Gasteiger partial charge in [0.1, 0.15) is 16.3 Å². The van der Waals surface area contributed by atoms with E-state index in [2.05, 4.69) is 37.5 Å². The summed E-state index contributed by atoms with van der Waals surface area (Å²) < 4.78 is 12.1. The largest absolute Gasteiger partial charge is 0.473 e. The van der Waals surface area contributed by atoms with Crippen LogP contribution in [0.1, 0.15) is 52.0 Å². The smallest absolute Gasteiger partial charge is 0.407 e. The zero-order valence-electron chi connectivity index (χ0n) is 17.5. The molecule has 8 heteroatoms. The van der Waals surface area contributed by atoms with E-state index in [4.69, 9.17) is 21.1 Å². The van der Waals surface area contributed by atoms with Gasteiger partial charge in [0.25, 0.3) is 0 Å². The van der Waals surface area contributed by atoms with Gasteiger partial charge in [-0.2, -0.15) is 0 Å². The third-order valence-corrected chi connectivity index (χ3v) is 5.85. The molecule has 1 heterocycles. The first kappa shape index (κ1) is 22.8. The van der Waals surface area contributed by atoms with Crippen LogP contribution in [-0.2, 0) is 10.2 Å². The number of carbonyl (C=O) groups is 1. The van der Waals surface area contributed by atoms with Crippen LogP contribution in [0.4, 0.5) is 4.79 Å². The molecule has 0 radical (unpaired) electrons. The van der Waals surface area contributed by atoms with E-state index in [1.54, 1.807) is 6.07 Å². The molecule has 1 N–H and O–H groups in total. The Labute approximate surface area is 190 Å². The molecule has 30 heavy (non-hydrogen) atoms. The van der Waals surface area contributed by atoms with Gasteiger partial charge in [-0.15, -0.1) is 10.2 Å². The highest BCUT2D eigenvalue weighted by Gasteiger charge is 2.38. The molecule has 0 saturated heterocycles. The maximum absolute atomic E-state index is 12.3. The summed E-state index contributed by atoms with van der Waals surface area (Å²) in [5.74, 6) is 0.519. The van der Waals surface area contributed by atoms with Crippen LogP contribution in [0.5, 0.6) is 5.88 Å².